The zero-order chi connectivity index (χ0) is 17.8. The van der Waals surface area contributed by atoms with Crippen molar-refractivity contribution in [2.45, 2.75) is 20.8 Å². The Morgan fingerprint density at radius 1 is 0.885 bits per heavy atom. The second-order valence-electron chi connectivity index (χ2n) is 6.35. The summed E-state index contributed by atoms with van der Waals surface area (Å²) in [6.07, 6.45) is 9.30. The van der Waals surface area contributed by atoms with Crippen LogP contribution in [0.25, 0.3) is 28.2 Å². The molecule has 0 saturated carbocycles. The molecule has 7 heteroatoms. The molecule has 0 aliphatic heterocycles. The van der Waals surface area contributed by atoms with Gasteiger partial charge in [0.25, 0.3) is 0 Å². The quantitative estimate of drug-likeness (QED) is 0.494. The number of benzene rings is 1. The molecule has 0 aliphatic rings. The highest BCUT2D eigenvalue weighted by Gasteiger charge is 2.16. The lowest BCUT2D eigenvalue weighted by molar-refractivity contribution is 0.964. The van der Waals surface area contributed by atoms with E-state index in [4.69, 9.17) is 0 Å². The molecule has 0 saturated heterocycles. The van der Waals surface area contributed by atoms with Crippen molar-refractivity contribution in [3.8, 4) is 11.4 Å². The monoisotopic (exact) mass is 343 g/mol. The molecule has 0 spiro atoms. The van der Waals surface area contributed by atoms with E-state index < -0.39 is 0 Å². The van der Waals surface area contributed by atoms with Crippen LogP contribution in [0.15, 0.2) is 49.3 Å². The summed E-state index contributed by atoms with van der Waals surface area (Å²) in [6, 6.07) is 6.27. The van der Waals surface area contributed by atoms with Gasteiger partial charge in [-0.1, -0.05) is 6.07 Å². The van der Waals surface area contributed by atoms with Crippen molar-refractivity contribution >= 4 is 16.8 Å². The van der Waals surface area contributed by atoms with Crippen LogP contribution >= 0.6 is 0 Å². The first-order valence-electron chi connectivity index (χ1n) is 8.41. The molecule has 0 unspecified atom stereocenters. The van der Waals surface area contributed by atoms with Crippen LogP contribution in [0.2, 0.25) is 0 Å². The molecule has 1 aromatic carbocycles. The van der Waals surface area contributed by atoms with Crippen LogP contribution < -0.4 is 0 Å². The lowest BCUT2D eigenvalue weighted by Crippen LogP contribution is -2.04. The average molecular weight is 343 g/mol. The van der Waals surface area contributed by atoms with Crippen LogP contribution in [0.5, 0.6) is 0 Å². The number of hydrogen-bond donors (Lipinski definition) is 0. The van der Waals surface area contributed by atoms with Crippen LogP contribution in [-0.4, -0.2) is 33.5 Å². The highest BCUT2D eigenvalue weighted by atomic mass is 15.2. The topological polar surface area (TPSA) is 65.8 Å². The summed E-state index contributed by atoms with van der Waals surface area (Å²) < 4.78 is 6.32. The molecule has 5 rings (SSSR count). The van der Waals surface area contributed by atoms with E-state index in [1.54, 1.807) is 12.5 Å². The Kier molecular flexibility index (Phi) is 3.00. The lowest BCUT2D eigenvalue weighted by Gasteiger charge is -2.14. The molecular weight excluding hydrogens is 326 g/mol. The summed E-state index contributed by atoms with van der Waals surface area (Å²) in [4.78, 5) is 17.5. The van der Waals surface area contributed by atoms with Crippen molar-refractivity contribution in [3.05, 3.63) is 66.5 Å². The maximum atomic E-state index is 4.59. The molecule has 0 bridgehead atoms. The van der Waals surface area contributed by atoms with Crippen LogP contribution in [-0.2, 0) is 0 Å². The molecule has 0 aliphatic carbocycles. The Balaban J connectivity index is 1.78. The van der Waals surface area contributed by atoms with E-state index in [9.17, 15) is 0 Å². The normalized spacial score (nSPS) is 11.7. The fraction of sp³-hybridized carbons (Fsp3) is 0.158. The maximum Gasteiger partial charge on any atom is 0.168 e. The van der Waals surface area contributed by atoms with Gasteiger partial charge >= 0.3 is 0 Å². The molecule has 128 valence electrons. The molecule has 26 heavy (non-hydrogen) atoms. The number of aromatic nitrogens is 7. The van der Waals surface area contributed by atoms with Gasteiger partial charge in [-0.3, -0.25) is 13.5 Å². The number of fused-ring (bicyclic) bond motifs is 2. The van der Waals surface area contributed by atoms with E-state index in [0.717, 1.165) is 45.4 Å². The standard InChI is InChI=1S/C19H17N7/c1-12-16(25-8-7-24-13(2)21-10-18(24)25)5-4-6-17(12)26-14(3)23-15-9-20-11-22-19(15)26/h4-11H,1-3H3. The Morgan fingerprint density at radius 3 is 2.62 bits per heavy atom. The zero-order valence-corrected chi connectivity index (χ0v) is 14.7. The first-order chi connectivity index (χ1) is 12.6. The molecule has 7 nitrogen and oxygen atoms in total. The second-order valence-corrected chi connectivity index (χ2v) is 6.35. The molecule has 4 heterocycles. The third kappa shape index (κ3) is 1.94. The van der Waals surface area contributed by atoms with E-state index in [-0.39, 0.29) is 0 Å². The number of aryl methyl sites for hydroxylation is 2. The predicted octanol–water partition coefficient (Wildman–Crippen LogP) is 3.18. The van der Waals surface area contributed by atoms with Crippen molar-refractivity contribution in [1.82, 2.24) is 33.5 Å². The third-order valence-electron chi connectivity index (χ3n) is 4.84. The number of nitrogens with zero attached hydrogens (tertiary/aromatic N) is 7. The van der Waals surface area contributed by atoms with Gasteiger partial charge in [0.2, 0.25) is 0 Å². The molecule has 5 aromatic rings. The summed E-state index contributed by atoms with van der Waals surface area (Å²) in [5, 5.41) is 0. The van der Waals surface area contributed by atoms with Crippen molar-refractivity contribution in [1.29, 1.82) is 0 Å². The summed E-state index contributed by atoms with van der Waals surface area (Å²) in [5.41, 5.74) is 5.96. The Hall–Kier alpha value is -3.48. The van der Waals surface area contributed by atoms with Gasteiger partial charge in [-0.05, 0) is 38.5 Å². The van der Waals surface area contributed by atoms with E-state index in [1.807, 2.05) is 26.2 Å². The highest BCUT2D eigenvalue weighted by Crippen LogP contribution is 2.27. The first-order valence-corrected chi connectivity index (χ1v) is 8.41. The highest BCUT2D eigenvalue weighted by molar-refractivity contribution is 5.74. The SMILES string of the molecule is Cc1c(-n2ccn3c(C)ncc23)cccc1-n1c(C)nc2cncnc21. The Morgan fingerprint density at radius 2 is 1.73 bits per heavy atom. The van der Waals surface area contributed by atoms with Crippen molar-refractivity contribution in [3.63, 3.8) is 0 Å². The smallest absolute Gasteiger partial charge is 0.168 e. The van der Waals surface area contributed by atoms with Crippen LogP contribution in [0.4, 0.5) is 0 Å². The second kappa shape index (κ2) is 5.26. The average Bonchev–Trinajstić information content (AvgIpc) is 3.30. The molecule has 0 radical (unpaired) electrons. The van der Waals surface area contributed by atoms with Gasteiger partial charge in [-0.2, -0.15) is 0 Å². The minimum absolute atomic E-state index is 0.796. The fourth-order valence-electron chi connectivity index (χ4n) is 3.57. The fourth-order valence-corrected chi connectivity index (χ4v) is 3.57. The minimum Gasteiger partial charge on any atom is -0.300 e. The van der Waals surface area contributed by atoms with Crippen LogP contribution in [0, 0.1) is 20.8 Å². The van der Waals surface area contributed by atoms with Crippen molar-refractivity contribution in [2.75, 3.05) is 0 Å². The van der Waals surface area contributed by atoms with Gasteiger partial charge in [0.1, 0.15) is 29.1 Å². The summed E-state index contributed by atoms with van der Waals surface area (Å²) in [6.45, 7) is 6.11. The van der Waals surface area contributed by atoms with Crippen molar-refractivity contribution < 1.29 is 0 Å². The maximum absolute atomic E-state index is 4.59. The number of imidazole rings is 3. The summed E-state index contributed by atoms with van der Waals surface area (Å²) in [5.74, 6) is 1.86. The van der Waals surface area contributed by atoms with Gasteiger partial charge in [-0.25, -0.2) is 19.9 Å². The third-order valence-corrected chi connectivity index (χ3v) is 4.84. The molecule has 0 atom stereocenters. The van der Waals surface area contributed by atoms with E-state index >= 15 is 0 Å². The molecular formula is C19H17N7. The number of hydrogen-bond acceptors (Lipinski definition) is 4. The summed E-state index contributed by atoms with van der Waals surface area (Å²) in [7, 11) is 0. The largest absolute Gasteiger partial charge is 0.300 e. The van der Waals surface area contributed by atoms with Gasteiger partial charge < -0.3 is 0 Å². The van der Waals surface area contributed by atoms with Crippen molar-refractivity contribution in [2.24, 2.45) is 0 Å². The first kappa shape index (κ1) is 14.8. The number of rotatable bonds is 2. The molecule has 0 amide bonds. The van der Waals surface area contributed by atoms with Gasteiger partial charge in [0.15, 0.2) is 5.65 Å². The van der Waals surface area contributed by atoms with Gasteiger partial charge in [0.05, 0.1) is 23.8 Å². The minimum atomic E-state index is 0.796. The summed E-state index contributed by atoms with van der Waals surface area (Å²) >= 11 is 0. The van der Waals surface area contributed by atoms with E-state index in [1.165, 1.54) is 0 Å². The lowest BCUT2D eigenvalue weighted by atomic mass is 10.1. The van der Waals surface area contributed by atoms with Crippen LogP contribution in [0.3, 0.4) is 0 Å². The van der Waals surface area contributed by atoms with E-state index in [2.05, 4.69) is 64.8 Å². The Bertz CT molecular complexity index is 1270. The molecule has 4 aromatic heterocycles. The van der Waals surface area contributed by atoms with Crippen LogP contribution in [0.1, 0.15) is 17.2 Å². The molecule has 0 N–H and O–H groups in total. The van der Waals surface area contributed by atoms with E-state index in [0.29, 0.717) is 0 Å². The zero-order valence-electron chi connectivity index (χ0n) is 14.7. The predicted molar refractivity (Wildman–Crippen MR) is 98.9 cm³/mol. The van der Waals surface area contributed by atoms with Gasteiger partial charge in [0, 0.05) is 12.4 Å². The molecule has 0 fully saturated rings. The van der Waals surface area contributed by atoms with Gasteiger partial charge in [-0.15, -0.1) is 0 Å². The Labute approximate surface area is 149 Å².